The maximum absolute atomic E-state index is 13.6. The standard InChI is InChI=1S/C12H19FO2S/c1-5-15-12(14)7-9(3)11(13)8-10(4)16-6-2/h8H,5-7H2,1-4H3/b10-8+,11-9-. The van der Waals surface area contributed by atoms with Crippen molar-refractivity contribution in [1.29, 1.82) is 0 Å². The van der Waals surface area contributed by atoms with Crippen LogP contribution in [0.15, 0.2) is 22.4 Å². The maximum atomic E-state index is 13.6. The van der Waals surface area contributed by atoms with E-state index >= 15 is 0 Å². The Morgan fingerprint density at radius 1 is 1.38 bits per heavy atom. The summed E-state index contributed by atoms with van der Waals surface area (Å²) in [5.41, 5.74) is 0.412. The van der Waals surface area contributed by atoms with Crippen LogP contribution in [0.2, 0.25) is 0 Å². The molecule has 0 amide bonds. The normalized spacial score (nSPS) is 13.4. The summed E-state index contributed by atoms with van der Waals surface area (Å²) >= 11 is 1.58. The van der Waals surface area contributed by atoms with Crippen LogP contribution in [0.25, 0.3) is 0 Å². The topological polar surface area (TPSA) is 26.3 Å². The summed E-state index contributed by atoms with van der Waals surface area (Å²) in [5, 5.41) is 0. The molecule has 16 heavy (non-hydrogen) atoms. The van der Waals surface area contributed by atoms with Gasteiger partial charge in [-0.1, -0.05) is 6.92 Å². The summed E-state index contributed by atoms with van der Waals surface area (Å²) in [6.45, 7) is 7.52. The molecule has 0 aromatic rings. The van der Waals surface area contributed by atoms with E-state index in [2.05, 4.69) is 0 Å². The first-order valence-corrected chi connectivity index (χ1v) is 6.31. The second-order valence-corrected chi connectivity index (χ2v) is 4.81. The summed E-state index contributed by atoms with van der Waals surface area (Å²) in [4.78, 5) is 12.0. The van der Waals surface area contributed by atoms with Crippen molar-refractivity contribution in [3.05, 3.63) is 22.4 Å². The number of hydrogen-bond donors (Lipinski definition) is 0. The molecular formula is C12H19FO2S. The van der Waals surface area contributed by atoms with Crippen LogP contribution in [0.3, 0.4) is 0 Å². The quantitative estimate of drug-likeness (QED) is 0.526. The van der Waals surface area contributed by atoms with Gasteiger partial charge in [-0.3, -0.25) is 4.79 Å². The van der Waals surface area contributed by atoms with Crippen molar-refractivity contribution in [1.82, 2.24) is 0 Å². The van der Waals surface area contributed by atoms with Gasteiger partial charge in [-0.05, 0) is 43.1 Å². The van der Waals surface area contributed by atoms with Gasteiger partial charge < -0.3 is 4.74 Å². The molecule has 0 radical (unpaired) electrons. The van der Waals surface area contributed by atoms with Crippen molar-refractivity contribution in [2.75, 3.05) is 12.4 Å². The number of thioether (sulfide) groups is 1. The average molecular weight is 246 g/mol. The Labute approximate surface area is 101 Å². The zero-order valence-electron chi connectivity index (χ0n) is 10.3. The van der Waals surface area contributed by atoms with Crippen molar-refractivity contribution in [3.63, 3.8) is 0 Å². The molecule has 0 atom stereocenters. The Balaban J connectivity index is 4.46. The van der Waals surface area contributed by atoms with E-state index in [4.69, 9.17) is 4.74 Å². The molecule has 0 heterocycles. The minimum absolute atomic E-state index is 0.0141. The minimum atomic E-state index is -0.385. The number of allylic oxidation sites excluding steroid dienone is 3. The highest BCUT2D eigenvalue weighted by molar-refractivity contribution is 8.03. The Morgan fingerprint density at radius 2 is 2.00 bits per heavy atom. The third-order valence-electron chi connectivity index (χ3n) is 1.82. The second kappa shape index (κ2) is 8.39. The molecule has 0 rings (SSSR count). The third kappa shape index (κ3) is 6.67. The van der Waals surface area contributed by atoms with Gasteiger partial charge >= 0.3 is 5.97 Å². The molecule has 0 saturated carbocycles. The summed E-state index contributed by atoms with van der Waals surface area (Å²) in [5.74, 6) is 0.183. The molecule has 0 aromatic carbocycles. The van der Waals surface area contributed by atoms with Crippen molar-refractivity contribution in [2.24, 2.45) is 0 Å². The molecule has 4 heteroatoms. The first-order chi connectivity index (χ1) is 7.51. The summed E-state index contributed by atoms with van der Waals surface area (Å²) in [6, 6.07) is 0. The fourth-order valence-electron chi connectivity index (χ4n) is 1.08. The van der Waals surface area contributed by atoms with Crippen molar-refractivity contribution in [2.45, 2.75) is 34.1 Å². The van der Waals surface area contributed by atoms with Gasteiger partial charge in [0.2, 0.25) is 0 Å². The molecule has 0 aliphatic heterocycles. The first-order valence-electron chi connectivity index (χ1n) is 5.33. The van der Waals surface area contributed by atoms with Gasteiger partial charge in [-0.15, -0.1) is 11.8 Å². The smallest absolute Gasteiger partial charge is 0.310 e. The molecule has 0 bridgehead atoms. The number of hydrogen-bond acceptors (Lipinski definition) is 3. The monoisotopic (exact) mass is 246 g/mol. The number of esters is 1. The largest absolute Gasteiger partial charge is 0.466 e. The van der Waals surface area contributed by atoms with Crippen LogP contribution in [0.1, 0.15) is 34.1 Å². The van der Waals surface area contributed by atoms with Crippen LogP contribution in [-0.2, 0) is 9.53 Å². The Morgan fingerprint density at radius 3 is 2.50 bits per heavy atom. The van der Waals surface area contributed by atoms with Crippen molar-refractivity contribution >= 4 is 17.7 Å². The fraction of sp³-hybridized carbons (Fsp3) is 0.583. The summed E-state index contributed by atoms with van der Waals surface area (Å²) < 4.78 is 18.3. The summed E-state index contributed by atoms with van der Waals surface area (Å²) in [7, 11) is 0. The highest BCUT2D eigenvalue weighted by Crippen LogP contribution is 2.20. The van der Waals surface area contributed by atoms with E-state index < -0.39 is 0 Å². The molecule has 0 aliphatic rings. The van der Waals surface area contributed by atoms with Gasteiger partial charge in [0.05, 0.1) is 13.0 Å². The predicted octanol–water partition coefficient (Wildman–Crippen LogP) is 3.84. The van der Waals surface area contributed by atoms with Gasteiger partial charge in [0.25, 0.3) is 0 Å². The Bertz CT molecular complexity index is 295. The zero-order valence-corrected chi connectivity index (χ0v) is 11.1. The number of ether oxygens (including phenoxy) is 1. The van der Waals surface area contributed by atoms with E-state index in [-0.39, 0.29) is 18.2 Å². The lowest BCUT2D eigenvalue weighted by Crippen LogP contribution is -2.04. The van der Waals surface area contributed by atoms with Crippen molar-refractivity contribution in [3.8, 4) is 0 Å². The Kier molecular flexibility index (Phi) is 7.99. The fourth-order valence-corrected chi connectivity index (χ4v) is 1.73. The molecule has 2 nitrogen and oxygen atoms in total. The number of carbonyl (C=O) groups is 1. The minimum Gasteiger partial charge on any atom is -0.466 e. The highest BCUT2D eigenvalue weighted by atomic mass is 32.2. The second-order valence-electron chi connectivity index (χ2n) is 3.30. The molecule has 92 valence electrons. The average Bonchev–Trinajstić information content (AvgIpc) is 2.17. The van der Waals surface area contributed by atoms with E-state index in [0.29, 0.717) is 12.2 Å². The van der Waals surface area contributed by atoms with Gasteiger partial charge in [0.15, 0.2) is 0 Å². The number of carbonyl (C=O) groups excluding carboxylic acids is 1. The zero-order chi connectivity index (χ0) is 12.6. The van der Waals surface area contributed by atoms with Crippen LogP contribution in [-0.4, -0.2) is 18.3 Å². The van der Waals surface area contributed by atoms with Gasteiger partial charge in [-0.2, -0.15) is 0 Å². The lowest BCUT2D eigenvalue weighted by Gasteiger charge is -2.03. The molecule has 0 aliphatic carbocycles. The molecule has 0 N–H and O–H groups in total. The molecular weight excluding hydrogens is 227 g/mol. The molecule has 0 spiro atoms. The van der Waals surface area contributed by atoms with Crippen LogP contribution < -0.4 is 0 Å². The lowest BCUT2D eigenvalue weighted by atomic mass is 10.2. The van der Waals surface area contributed by atoms with Crippen LogP contribution >= 0.6 is 11.8 Å². The van der Waals surface area contributed by atoms with E-state index in [1.165, 1.54) is 6.08 Å². The first kappa shape index (κ1) is 15.2. The number of rotatable bonds is 6. The maximum Gasteiger partial charge on any atom is 0.310 e. The molecule has 0 aromatic heterocycles. The van der Waals surface area contributed by atoms with Crippen LogP contribution in [0, 0.1) is 0 Å². The lowest BCUT2D eigenvalue weighted by molar-refractivity contribution is -0.142. The summed E-state index contributed by atoms with van der Waals surface area (Å²) in [6.07, 6.45) is 1.48. The van der Waals surface area contributed by atoms with E-state index in [1.807, 2.05) is 13.8 Å². The molecule has 0 saturated heterocycles. The van der Waals surface area contributed by atoms with E-state index in [9.17, 15) is 9.18 Å². The SMILES string of the molecule is CCOC(=O)C/C(C)=C(F)/C=C(\C)SCC. The Hall–Kier alpha value is -0.770. The number of halogens is 1. The van der Waals surface area contributed by atoms with Crippen molar-refractivity contribution < 1.29 is 13.9 Å². The van der Waals surface area contributed by atoms with E-state index in [1.54, 1.807) is 25.6 Å². The predicted molar refractivity (Wildman–Crippen MR) is 66.9 cm³/mol. The third-order valence-corrected chi connectivity index (χ3v) is 2.69. The highest BCUT2D eigenvalue weighted by Gasteiger charge is 2.07. The van der Waals surface area contributed by atoms with Crippen LogP contribution in [0.5, 0.6) is 0 Å². The molecule has 0 unspecified atom stereocenters. The van der Waals surface area contributed by atoms with Gasteiger partial charge in [0.1, 0.15) is 5.83 Å². The van der Waals surface area contributed by atoms with Gasteiger partial charge in [0, 0.05) is 0 Å². The van der Waals surface area contributed by atoms with Gasteiger partial charge in [-0.25, -0.2) is 4.39 Å². The molecule has 0 fully saturated rings. The van der Waals surface area contributed by atoms with Crippen LogP contribution in [0.4, 0.5) is 4.39 Å². The van der Waals surface area contributed by atoms with E-state index in [0.717, 1.165) is 10.7 Å².